The average molecular weight is 274 g/mol. The predicted molar refractivity (Wildman–Crippen MR) is 73.7 cm³/mol. The largest absolute Gasteiger partial charge is 0.331 e. The van der Waals surface area contributed by atoms with Crippen molar-refractivity contribution in [3.63, 3.8) is 0 Å². The molecule has 0 radical (unpaired) electrons. The van der Waals surface area contributed by atoms with Gasteiger partial charge in [0.1, 0.15) is 6.04 Å². The number of allylic oxidation sites excluding steroid dienone is 1. The molecule has 0 bridgehead atoms. The van der Waals surface area contributed by atoms with Gasteiger partial charge in [0.15, 0.2) is 0 Å². The van der Waals surface area contributed by atoms with Crippen molar-refractivity contribution in [2.45, 2.75) is 44.2 Å². The molecule has 5 nitrogen and oxygen atoms in total. The molecule has 20 heavy (non-hydrogen) atoms. The van der Waals surface area contributed by atoms with Gasteiger partial charge in [-0.15, -0.1) is 0 Å². The zero-order chi connectivity index (χ0) is 13.3. The SMILES string of the molecule is O=C1NC=C2CC3CCCC3C3CC4NNNC1C4C23. The molecule has 3 saturated carbocycles. The molecule has 5 heteroatoms. The third-order valence-electron chi connectivity index (χ3n) is 6.61. The van der Waals surface area contributed by atoms with Gasteiger partial charge in [0.25, 0.3) is 0 Å². The van der Waals surface area contributed by atoms with Crippen LogP contribution < -0.4 is 21.7 Å². The maximum Gasteiger partial charge on any atom is 0.242 e. The third-order valence-corrected chi connectivity index (χ3v) is 6.61. The van der Waals surface area contributed by atoms with E-state index < -0.39 is 0 Å². The normalized spacial score (nSPS) is 52.7. The van der Waals surface area contributed by atoms with Crippen LogP contribution in [-0.4, -0.2) is 18.0 Å². The predicted octanol–water partition coefficient (Wildman–Crippen LogP) is 0.422. The summed E-state index contributed by atoms with van der Waals surface area (Å²) in [5.41, 5.74) is 11.1. The van der Waals surface area contributed by atoms with Crippen molar-refractivity contribution in [1.29, 1.82) is 0 Å². The van der Waals surface area contributed by atoms with Crippen molar-refractivity contribution >= 4 is 5.91 Å². The zero-order valence-electron chi connectivity index (χ0n) is 11.6. The van der Waals surface area contributed by atoms with Crippen molar-refractivity contribution in [2.75, 3.05) is 0 Å². The van der Waals surface area contributed by atoms with Crippen LogP contribution in [0, 0.1) is 29.6 Å². The summed E-state index contributed by atoms with van der Waals surface area (Å²) in [6.45, 7) is 0. The minimum Gasteiger partial charge on any atom is -0.331 e. The molecule has 4 fully saturated rings. The molecule has 1 amide bonds. The molecule has 5 aliphatic rings. The fraction of sp³-hybridized carbons (Fsp3) is 0.800. The summed E-state index contributed by atoms with van der Waals surface area (Å²) in [5, 5.41) is 3.03. The zero-order valence-corrected chi connectivity index (χ0v) is 11.6. The summed E-state index contributed by atoms with van der Waals surface area (Å²) in [5.74, 6) is 3.70. The van der Waals surface area contributed by atoms with Crippen LogP contribution in [0.5, 0.6) is 0 Å². The van der Waals surface area contributed by atoms with Crippen LogP contribution in [0.2, 0.25) is 0 Å². The molecular formula is C15H22N4O. The van der Waals surface area contributed by atoms with E-state index in [4.69, 9.17) is 0 Å². The van der Waals surface area contributed by atoms with E-state index in [1.165, 1.54) is 37.7 Å². The Balaban J connectivity index is 1.60. The highest BCUT2D eigenvalue weighted by Crippen LogP contribution is 2.58. The second-order valence-electron chi connectivity index (χ2n) is 7.29. The third kappa shape index (κ3) is 1.41. The van der Waals surface area contributed by atoms with E-state index in [0.29, 0.717) is 17.9 Å². The van der Waals surface area contributed by atoms with Gasteiger partial charge in [0.2, 0.25) is 5.91 Å². The quantitative estimate of drug-likeness (QED) is 0.517. The maximum absolute atomic E-state index is 12.3. The first-order valence-corrected chi connectivity index (χ1v) is 8.08. The molecule has 7 unspecified atom stereocenters. The van der Waals surface area contributed by atoms with Gasteiger partial charge < -0.3 is 5.32 Å². The second-order valence-corrected chi connectivity index (χ2v) is 7.29. The van der Waals surface area contributed by atoms with E-state index in [-0.39, 0.29) is 11.9 Å². The summed E-state index contributed by atoms with van der Waals surface area (Å²) in [6, 6.07) is 0.339. The van der Waals surface area contributed by atoms with Gasteiger partial charge in [-0.2, -0.15) is 5.53 Å². The Labute approximate surface area is 118 Å². The molecule has 108 valence electrons. The van der Waals surface area contributed by atoms with Crippen molar-refractivity contribution in [3.8, 4) is 0 Å². The smallest absolute Gasteiger partial charge is 0.242 e. The number of nitrogens with one attached hydrogen (secondary N) is 4. The van der Waals surface area contributed by atoms with Gasteiger partial charge in [0, 0.05) is 18.2 Å². The highest BCUT2D eigenvalue weighted by Gasteiger charge is 2.58. The number of carbonyl (C=O) groups excluding carboxylic acids is 1. The van der Waals surface area contributed by atoms with Gasteiger partial charge in [0.05, 0.1) is 0 Å². The fourth-order valence-electron chi connectivity index (χ4n) is 5.97. The number of fused-ring (bicyclic) bond motifs is 2. The molecule has 0 aromatic rings. The first-order chi connectivity index (χ1) is 9.83. The summed E-state index contributed by atoms with van der Waals surface area (Å²) < 4.78 is 0. The van der Waals surface area contributed by atoms with Crippen LogP contribution in [0.4, 0.5) is 0 Å². The van der Waals surface area contributed by atoms with E-state index in [1.807, 2.05) is 0 Å². The Morgan fingerprint density at radius 3 is 3.05 bits per heavy atom. The number of amides is 1. The minimum absolute atomic E-state index is 0.0945. The fourth-order valence-corrected chi connectivity index (χ4v) is 5.97. The van der Waals surface area contributed by atoms with E-state index in [0.717, 1.165) is 17.8 Å². The second kappa shape index (κ2) is 4.06. The lowest BCUT2D eigenvalue weighted by Crippen LogP contribution is -2.67. The van der Waals surface area contributed by atoms with Crippen LogP contribution in [0.25, 0.3) is 0 Å². The highest BCUT2D eigenvalue weighted by atomic mass is 16.2. The summed E-state index contributed by atoms with van der Waals surface area (Å²) in [6.07, 6.45) is 8.70. The maximum atomic E-state index is 12.3. The molecule has 2 aliphatic heterocycles. The molecule has 0 aromatic carbocycles. The van der Waals surface area contributed by atoms with Crippen LogP contribution in [0.3, 0.4) is 0 Å². The molecule has 0 spiro atoms. The van der Waals surface area contributed by atoms with Crippen molar-refractivity contribution in [3.05, 3.63) is 11.8 Å². The molecule has 7 atom stereocenters. The molecular weight excluding hydrogens is 252 g/mol. The molecule has 1 saturated heterocycles. The van der Waals surface area contributed by atoms with Crippen molar-refractivity contribution in [2.24, 2.45) is 29.6 Å². The van der Waals surface area contributed by atoms with Gasteiger partial charge in [-0.3, -0.25) is 4.79 Å². The van der Waals surface area contributed by atoms with Gasteiger partial charge in [-0.1, -0.05) is 12.0 Å². The Morgan fingerprint density at radius 2 is 2.10 bits per heavy atom. The molecule has 5 rings (SSSR count). The lowest BCUT2D eigenvalue weighted by Gasteiger charge is -2.41. The van der Waals surface area contributed by atoms with Gasteiger partial charge >= 0.3 is 0 Å². The summed E-state index contributed by atoms with van der Waals surface area (Å²) in [4.78, 5) is 12.3. The van der Waals surface area contributed by atoms with Gasteiger partial charge in [-0.05, 0) is 49.4 Å². The Kier molecular flexibility index (Phi) is 2.38. The van der Waals surface area contributed by atoms with E-state index in [2.05, 4.69) is 27.9 Å². The van der Waals surface area contributed by atoms with Crippen molar-refractivity contribution < 1.29 is 4.79 Å². The standard InChI is InChI=1S/C15H22N4O/c20-15-14-13-11(17-19-18-14)5-10-9-3-1-2-7(9)4-8(6-16-15)12(10)13/h6-7,9-14,17-19H,1-5H2,(H,16,20). The minimum atomic E-state index is -0.0945. The Hall–Kier alpha value is -0.910. The molecule has 2 heterocycles. The number of hydrogen-bond donors (Lipinski definition) is 4. The highest BCUT2D eigenvalue weighted by molar-refractivity contribution is 5.84. The Morgan fingerprint density at radius 1 is 1.15 bits per heavy atom. The monoisotopic (exact) mass is 274 g/mol. The first kappa shape index (κ1) is 11.7. The van der Waals surface area contributed by atoms with E-state index >= 15 is 0 Å². The number of hydrazine groups is 2. The summed E-state index contributed by atoms with van der Waals surface area (Å²) >= 11 is 0. The van der Waals surface area contributed by atoms with E-state index in [9.17, 15) is 4.79 Å². The molecule has 4 N–H and O–H groups in total. The topological polar surface area (TPSA) is 65.2 Å². The van der Waals surface area contributed by atoms with Crippen molar-refractivity contribution in [1.82, 2.24) is 21.7 Å². The molecule has 0 aromatic heterocycles. The number of carbonyl (C=O) groups is 1. The molecule has 3 aliphatic carbocycles. The van der Waals surface area contributed by atoms with Crippen LogP contribution >= 0.6 is 0 Å². The van der Waals surface area contributed by atoms with E-state index in [1.54, 1.807) is 0 Å². The number of hydrogen-bond acceptors (Lipinski definition) is 4. The number of rotatable bonds is 0. The Bertz CT molecular complexity index is 490. The summed E-state index contributed by atoms with van der Waals surface area (Å²) in [7, 11) is 0. The first-order valence-electron chi connectivity index (χ1n) is 8.08. The average Bonchev–Trinajstić information content (AvgIpc) is 3.03. The van der Waals surface area contributed by atoms with Crippen LogP contribution in [0.15, 0.2) is 11.8 Å². The lowest BCUT2D eigenvalue weighted by molar-refractivity contribution is -0.125. The van der Waals surface area contributed by atoms with Crippen LogP contribution in [-0.2, 0) is 4.79 Å². The lowest BCUT2D eigenvalue weighted by atomic mass is 9.64. The van der Waals surface area contributed by atoms with Crippen LogP contribution in [0.1, 0.15) is 32.1 Å². The van der Waals surface area contributed by atoms with Gasteiger partial charge in [-0.25, -0.2) is 10.9 Å².